The number of aromatic nitrogens is 2. The van der Waals surface area contributed by atoms with Crippen LogP contribution in [0.15, 0.2) is 12.5 Å². The van der Waals surface area contributed by atoms with Crippen molar-refractivity contribution in [2.75, 3.05) is 0 Å². The molecule has 44 valence electrons. The van der Waals surface area contributed by atoms with Crippen molar-refractivity contribution in [2.45, 2.75) is 6.92 Å². The summed E-state index contributed by atoms with van der Waals surface area (Å²) >= 11 is 2.21. The minimum absolute atomic E-state index is 1.06. The first kappa shape index (κ1) is 6.41. The van der Waals surface area contributed by atoms with Crippen LogP contribution in [0.2, 0.25) is 0 Å². The van der Waals surface area contributed by atoms with Crippen LogP contribution in [-0.2, 0) is 0 Å². The second-order valence-electron chi connectivity index (χ2n) is 1.44. The van der Waals surface area contributed by atoms with Crippen LogP contribution in [0.25, 0.3) is 0 Å². The first-order chi connectivity index (χ1) is 3.83. The van der Waals surface area contributed by atoms with Crippen LogP contribution in [0, 0.1) is 6.92 Å². The molecule has 0 aromatic carbocycles. The maximum Gasteiger partial charge on any atom is 0.106 e. The summed E-state index contributed by atoms with van der Waals surface area (Å²) in [5, 5.41) is 0. The Hall–Kier alpha value is 0.290. The smallest absolute Gasteiger partial charge is 0.106 e. The lowest BCUT2D eigenvalue weighted by Gasteiger charge is -1.84. The number of nitrogens with zero attached hydrogens (tertiary/aromatic N) is 2. The molecule has 0 N–H and O–H groups in total. The maximum absolute atomic E-state index is 4.02. The van der Waals surface area contributed by atoms with Gasteiger partial charge in [-0.3, -0.25) is 3.97 Å². The summed E-state index contributed by atoms with van der Waals surface area (Å²) in [4.78, 5) is 4.02. The Balaban J connectivity index is 2.84. The summed E-state index contributed by atoms with van der Waals surface area (Å²) in [6.07, 6.45) is 3.78. The van der Waals surface area contributed by atoms with E-state index in [0.717, 1.165) is 5.69 Å². The highest BCUT2D eigenvalue weighted by Crippen LogP contribution is 2.13. The second kappa shape index (κ2) is 2.72. The number of aryl methyl sites for hydroxylation is 1. The van der Waals surface area contributed by atoms with Crippen LogP contribution in [0.1, 0.15) is 5.69 Å². The van der Waals surface area contributed by atoms with Gasteiger partial charge in [0.1, 0.15) is 6.33 Å². The number of hydrogen-bond acceptors (Lipinski definition) is 2. The van der Waals surface area contributed by atoms with E-state index in [2.05, 4.69) is 26.2 Å². The van der Waals surface area contributed by atoms with Crippen LogP contribution in [0.5, 0.6) is 0 Å². The Kier molecular flexibility index (Phi) is 2.18. The Morgan fingerprint density at radius 1 is 1.88 bits per heavy atom. The topological polar surface area (TPSA) is 17.8 Å². The molecule has 1 rings (SSSR count). The van der Waals surface area contributed by atoms with E-state index >= 15 is 0 Å². The average Bonchev–Trinajstić information content (AvgIpc) is 2.14. The average molecular weight is 240 g/mol. The predicted octanol–water partition coefficient (Wildman–Crippen LogP) is 2.04. The monoisotopic (exact) mass is 240 g/mol. The van der Waals surface area contributed by atoms with E-state index in [1.807, 2.05) is 17.1 Å². The highest BCUT2D eigenvalue weighted by atomic mass is 127. The normalized spacial score (nSPS) is 9.75. The van der Waals surface area contributed by atoms with Gasteiger partial charge in [0.15, 0.2) is 0 Å². The Bertz CT molecular complexity index is 174. The number of imidazole rings is 1. The van der Waals surface area contributed by atoms with Crippen molar-refractivity contribution in [3.63, 3.8) is 0 Å². The standard InChI is InChI=1S/C4H5IN2S/c1-4-2-7(8-5)3-6-4/h2-3H,1H3. The summed E-state index contributed by atoms with van der Waals surface area (Å²) in [6, 6.07) is 0. The lowest BCUT2D eigenvalue weighted by atomic mass is 10.6. The third-order valence-electron chi connectivity index (χ3n) is 0.769. The zero-order valence-electron chi connectivity index (χ0n) is 4.34. The van der Waals surface area contributed by atoms with Gasteiger partial charge in [-0.1, -0.05) is 0 Å². The van der Waals surface area contributed by atoms with Crippen LogP contribution >= 0.6 is 30.3 Å². The minimum Gasteiger partial charge on any atom is -0.271 e. The molecule has 1 aromatic heterocycles. The highest BCUT2D eigenvalue weighted by molar-refractivity contribution is 14.2. The Morgan fingerprint density at radius 2 is 2.62 bits per heavy atom. The largest absolute Gasteiger partial charge is 0.271 e. The number of rotatable bonds is 1. The number of hydrogen-bond donors (Lipinski definition) is 0. The second-order valence-corrected chi connectivity index (χ2v) is 3.19. The molecule has 0 aliphatic rings. The van der Waals surface area contributed by atoms with Gasteiger partial charge in [-0.05, 0) is 6.92 Å². The van der Waals surface area contributed by atoms with Crippen LogP contribution < -0.4 is 0 Å². The number of halogens is 1. The maximum atomic E-state index is 4.02. The summed E-state index contributed by atoms with van der Waals surface area (Å²) in [5.74, 6) is 0. The van der Waals surface area contributed by atoms with Gasteiger partial charge in [-0.2, -0.15) is 0 Å². The predicted molar refractivity (Wildman–Crippen MR) is 44.0 cm³/mol. The molecular weight excluding hydrogens is 235 g/mol. The molecule has 0 spiro atoms. The van der Waals surface area contributed by atoms with Crippen molar-refractivity contribution in [3.05, 3.63) is 18.2 Å². The minimum atomic E-state index is 1.06. The third-order valence-corrected chi connectivity index (χ3v) is 2.49. The fourth-order valence-electron chi connectivity index (χ4n) is 0.437. The molecule has 0 saturated heterocycles. The molecule has 0 fully saturated rings. The van der Waals surface area contributed by atoms with Gasteiger partial charge in [0, 0.05) is 36.5 Å². The summed E-state index contributed by atoms with van der Waals surface area (Å²) < 4.78 is 1.95. The van der Waals surface area contributed by atoms with E-state index < -0.39 is 0 Å². The van der Waals surface area contributed by atoms with E-state index in [1.54, 1.807) is 15.4 Å². The molecular formula is C4H5IN2S. The zero-order chi connectivity index (χ0) is 5.98. The van der Waals surface area contributed by atoms with Gasteiger partial charge >= 0.3 is 0 Å². The van der Waals surface area contributed by atoms with Crippen molar-refractivity contribution in [2.24, 2.45) is 0 Å². The lowest BCUT2D eigenvalue weighted by molar-refractivity contribution is 1.23. The summed E-state index contributed by atoms with van der Waals surface area (Å²) in [7, 11) is 1.61. The molecule has 0 atom stereocenters. The highest BCUT2D eigenvalue weighted by Gasteiger charge is 1.87. The zero-order valence-corrected chi connectivity index (χ0v) is 7.31. The van der Waals surface area contributed by atoms with Crippen LogP contribution in [-0.4, -0.2) is 8.96 Å². The van der Waals surface area contributed by atoms with Gasteiger partial charge in [-0.15, -0.1) is 0 Å². The molecule has 0 aliphatic carbocycles. The van der Waals surface area contributed by atoms with E-state index in [1.165, 1.54) is 0 Å². The van der Waals surface area contributed by atoms with Crippen molar-refractivity contribution in [1.29, 1.82) is 0 Å². The van der Waals surface area contributed by atoms with Gasteiger partial charge in [-0.25, -0.2) is 4.98 Å². The molecule has 2 nitrogen and oxygen atoms in total. The molecule has 0 bridgehead atoms. The molecule has 0 saturated carbocycles. The van der Waals surface area contributed by atoms with E-state index in [-0.39, 0.29) is 0 Å². The van der Waals surface area contributed by atoms with Gasteiger partial charge in [0.25, 0.3) is 0 Å². The summed E-state index contributed by atoms with van der Waals surface area (Å²) in [5.41, 5.74) is 1.06. The van der Waals surface area contributed by atoms with Gasteiger partial charge in [0.05, 0.1) is 5.69 Å². The quantitative estimate of drug-likeness (QED) is 0.699. The Labute approximate surface area is 64.4 Å². The fourth-order valence-corrected chi connectivity index (χ4v) is 1.36. The van der Waals surface area contributed by atoms with Gasteiger partial charge < -0.3 is 0 Å². The molecule has 0 aliphatic heterocycles. The summed E-state index contributed by atoms with van der Waals surface area (Å²) in [6.45, 7) is 1.98. The fraction of sp³-hybridized carbons (Fsp3) is 0.250. The van der Waals surface area contributed by atoms with Crippen LogP contribution in [0.3, 0.4) is 0 Å². The first-order valence-corrected chi connectivity index (χ1v) is 5.44. The van der Waals surface area contributed by atoms with Crippen molar-refractivity contribution >= 4 is 30.3 Å². The van der Waals surface area contributed by atoms with E-state index in [4.69, 9.17) is 0 Å². The van der Waals surface area contributed by atoms with Crippen molar-refractivity contribution in [3.8, 4) is 0 Å². The molecule has 4 heteroatoms. The first-order valence-electron chi connectivity index (χ1n) is 2.12. The van der Waals surface area contributed by atoms with Crippen LogP contribution in [0.4, 0.5) is 0 Å². The molecule has 0 amide bonds. The van der Waals surface area contributed by atoms with Crippen molar-refractivity contribution in [1.82, 2.24) is 8.96 Å². The molecule has 8 heavy (non-hydrogen) atoms. The Morgan fingerprint density at radius 3 is 2.88 bits per heavy atom. The van der Waals surface area contributed by atoms with Crippen molar-refractivity contribution < 1.29 is 0 Å². The molecule has 1 heterocycles. The SMILES string of the molecule is Cc1cn(SI)cn1. The van der Waals surface area contributed by atoms with E-state index in [0.29, 0.717) is 0 Å². The molecule has 1 aromatic rings. The lowest BCUT2D eigenvalue weighted by Crippen LogP contribution is -1.70. The molecule has 0 unspecified atom stereocenters. The van der Waals surface area contributed by atoms with E-state index in [9.17, 15) is 0 Å². The van der Waals surface area contributed by atoms with Gasteiger partial charge in [0.2, 0.25) is 0 Å². The third kappa shape index (κ3) is 1.38. The molecule has 0 radical (unpaired) electrons.